The molecule has 8 N–H and O–H groups in total. The third-order valence-electron chi connectivity index (χ3n) is 13.2. The van der Waals surface area contributed by atoms with Gasteiger partial charge in [0.25, 0.3) is 0 Å². The molecule has 10 heteroatoms. The summed E-state index contributed by atoms with van der Waals surface area (Å²) in [7, 11) is -6.20. The van der Waals surface area contributed by atoms with Crippen molar-refractivity contribution in [2.75, 3.05) is 0 Å². The number of hydrogen-bond donors (Lipinski definition) is 0. The van der Waals surface area contributed by atoms with Crippen LogP contribution < -0.4 is 63.7 Å². The molecule has 0 aliphatic heterocycles. The number of benzene rings is 11. The normalized spacial score (nSPS) is 10.5. The summed E-state index contributed by atoms with van der Waals surface area (Å²) in [5.41, 5.74) is 5.25. The van der Waals surface area contributed by atoms with Gasteiger partial charge >= 0.3 is 40.8 Å². The van der Waals surface area contributed by atoms with Crippen molar-refractivity contribution in [3.63, 3.8) is 0 Å². The summed E-state index contributed by atoms with van der Waals surface area (Å²) in [4.78, 5) is 0. The average Bonchev–Trinajstić information content (AvgIpc) is 3.45. The molecule has 0 aliphatic carbocycles. The minimum absolute atomic E-state index is 0. The number of rotatable bonds is 14. The molecule has 0 heterocycles. The molecule has 76 heavy (non-hydrogen) atoms. The second kappa shape index (κ2) is 29.7. The fourth-order valence-corrected chi connectivity index (χ4v) is 21.3. The first-order valence-electron chi connectivity index (χ1n) is 24.1. The van der Waals surface area contributed by atoms with Crippen molar-refractivity contribution < 1.29 is 40.8 Å². The fraction of sp³-hybridized carbons (Fsp3) is 0. The van der Waals surface area contributed by atoms with E-state index >= 15 is 0 Å². The van der Waals surface area contributed by atoms with Crippen LogP contribution in [0.3, 0.4) is 0 Å². The molecule has 0 aliphatic rings. The summed E-state index contributed by atoms with van der Waals surface area (Å²) in [6.45, 7) is 0. The molecule has 0 bridgehead atoms. The maximum atomic E-state index is 2.72. The van der Waals surface area contributed by atoms with Gasteiger partial charge in [-0.15, -0.1) is 0 Å². The molecule has 11 aromatic carbocycles. The van der Waals surface area contributed by atoms with E-state index < -0.39 is 31.7 Å². The van der Waals surface area contributed by atoms with Gasteiger partial charge in [-0.05, 0) is 115 Å². The smallest absolute Gasteiger partial charge is 0.693 e. The van der Waals surface area contributed by atoms with Crippen LogP contribution in [-0.4, -0.2) is 0 Å². The van der Waals surface area contributed by atoms with E-state index in [1.165, 1.54) is 85.9 Å². The molecular weight excluding hydrogens is 1190 g/mol. The van der Waals surface area contributed by atoms with Crippen molar-refractivity contribution in [3.8, 4) is 22.3 Å². The molecule has 0 saturated carbocycles. The summed E-state index contributed by atoms with van der Waals surface area (Å²) in [6, 6.07) is 115. The quantitative estimate of drug-likeness (QED) is 0.0757. The minimum atomic E-state index is -1.62. The van der Waals surface area contributed by atoms with Crippen LogP contribution in [0.15, 0.2) is 303 Å². The van der Waals surface area contributed by atoms with E-state index in [9.17, 15) is 0 Å². The zero-order valence-corrected chi connectivity index (χ0v) is 48.9. The van der Waals surface area contributed by atoms with E-state index in [1.807, 2.05) is 0 Å². The van der Waals surface area contributed by atoms with Crippen molar-refractivity contribution in [1.29, 1.82) is 0 Å². The molecule has 382 valence electrons. The van der Waals surface area contributed by atoms with Crippen LogP contribution in [0.4, 0.5) is 0 Å². The Hall–Kier alpha value is -5.70. The molecule has 0 saturated heterocycles. The van der Waals surface area contributed by atoms with E-state index in [0.717, 1.165) is 0 Å². The summed E-state index contributed by atoms with van der Waals surface area (Å²) < 4.78 is 0. The van der Waals surface area contributed by atoms with Gasteiger partial charge in [0, 0.05) is 28.3 Å². The van der Waals surface area contributed by atoms with Gasteiger partial charge in [-0.3, -0.25) is 0 Å². The van der Waals surface area contributed by atoms with Crippen LogP contribution in [0.1, 0.15) is 0 Å². The van der Waals surface area contributed by atoms with Gasteiger partial charge in [-0.2, -0.15) is 0 Å². The molecule has 0 aromatic heterocycles. The van der Waals surface area contributed by atoms with E-state index in [0.29, 0.717) is 0 Å². The van der Waals surface area contributed by atoms with Crippen LogP contribution in [0.25, 0.3) is 46.9 Å². The number of nitrogens with two attached hydrogens (primary N) is 4. The Bertz CT molecular complexity index is 3060. The molecule has 0 unspecified atom stereocenters. The van der Waals surface area contributed by atoms with Crippen LogP contribution in [-0.2, 0) is 40.8 Å². The predicted octanol–water partition coefficient (Wildman–Crippen LogP) is 13.8. The van der Waals surface area contributed by atoms with Gasteiger partial charge in [0.05, 0.1) is 31.7 Å². The molecule has 0 spiro atoms. The average molecular weight is 1250 g/mol. The van der Waals surface area contributed by atoms with Crippen molar-refractivity contribution >= 4 is 95.3 Å². The zero-order valence-electron chi connectivity index (χ0n) is 41.8. The Labute approximate surface area is 482 Å². The maximum absolute atomic E-state index is 2.72. The molecule has 11 aromatic rings. The molecular formula is C66H62N4P4Pd2+4. The standard InChI is InChI=1S/C66H50P4.4H2N.2Pd/c1-9-29-51(30-10-1)67(52-31-11-2-12-32-52)63-47-27-25-45-59(63)61-49-62(60-46-26-28-48-64(60)68(53-33-13-3-14-34-53)54-35-15-4-16-36-54)66(70(57-41-21-7-22-42-57)58-43-23-8-24-44-58)50-65(61)69(55-37-17-5-18-38-55)56-39-19-6-20-40-56;;;;;;/h1-50H;4*1H2;;/q;4*-1;2*+2/p+4. The molecule has 0 fully saturated rings. The van der Waals surface area contributed by atoms with E-state index in [4.69, 9.17) is 0 Å². The second-order valence-electron chi connectivity index (χ2n) is 17.5. The fourth-order valence-electron chi connectivity index (χ4n) is 10.1. The largest absolute Gasteiger partial charge is 2.00 e. The minimum Gasteiger partial charge on any atom is -0.693 e. The Morgan fingerprint density at radius 3 is 0.539 bits per heavy atom. The third kappa shape index (κ3) is 13.3. The van der Waals surface area contributed by atoms with E-state index in [2.05, 4.69) is 303 Å². The van der Waals surface area contributed by atoms with E-state index in [1.54, 1.807) is 0 Å². The summed E-state index contributed by atoms with van der Waals surface area (Å²) in [5.74, 6) is 0. The SMILES string of the molecule is [NH2-].[NH2-].[NH2-].[NH2-].[Pd+2].[Pd+2].c1ccc([PH+](c2ccccc2)c2ccccc2-c2cc(-c3ccccc3[PH+](c3ccccc3)c3ccccc3)c([PH+](c3ccccc3)c3ccccc3)cc2[PH+](c2ccccc2)c2ccccc2)cc1. The Balaban J connectivity index is 0.00000178. The summed E-state index contributed by atoms with van der Waals surface area (Å²) >= 11 is 0. The Morgan fingerprint density at radius 1 is 0.158 bits per heavy atom. The second-order valence-corrected chi connectivity index (χ2v) is 27.2. The van der Waals surface area contributed by atoms with Gasteiger partial charge in [0.2, 0.25) is 0 Å². The van der Waals surface area contributed by atoms with Gasteiger partial charge in [-0.25, -0.2) is 0 Å². The van der Waals surface area contributed by atoms with Crippen LogP contribution in [0, 0.1) is 0 Å². The maximum Gasteiger partial charge on any atom is 2.00 e. The van der Waals surface area contributed by atoms with Gasteiger partial charge in [0.15, 0.2) is 0 Å². The van der Waals surface area contributed by atoms with Gasteiger partial charge in [0.1, 0.15) is 63.7 Å². The predicted molar refractivity (Wildman–Crippen MR) is 339 cm³/mol. The van der Waals surface area contributed by atoms with Crippen molar-refractivity contribution in [2.24, 2.45) is 0 Å². The van der Waals surface area contributed by atoms with Crippen molar-refractivity contribution in [2.45, 2.75) is 0 Å². The van der Waals surface area contributed by atoms with Crippen molar-refractivity contribution in [3.05, 3.63) is 328 Å². The topological polar surface area (TPSA) is 134 Å². The summed E-state index contributed by atoms with van der Waals surface area (Å²) in [5, 5.41) is 16.6. The Kier molecular flexibility index (Phi) is 23.9. The molecule has 0 radical (unpaired) electrons. The Morgan fingerprint density at radius 2 is 0.329 bits per heavy atom. The molecule has 0 amide bonds. The summed E-state index contributed by atoms with van der Waals surface area (Å²) in [6.07, 6.45) is 0. The first-order chi connectivity index (χ1) is 34.8. The third-order valence-corrected chi connectivity index (χ3v) is 24.3. The molecule has 0 atom stereocenters. The van der Waals surface area contributed by atoms with Crippen LogP contribution in [0.5, 0.6) is 0 Å². The molecule has 11 rings (SSSR count). The van der Waals surface area contributed by atoms with E-state index in [-0.39, 0.29) is 65.4 Å². The molecule has 4 nitrogen and oxygen atoms in total. The van der Waals surface area contributed by atoms with Crippen molar-refractivity contribution in [1.82, 2.24) is 0 Å². The van der Waals surface area contributed by atoms with Gasteiger partial charge in [-0.1, -0.05) is 182 Å². The monoisotopic (exact) mass is 1250 g/mol. The first-order valence-corrected chi connectivity index (χ1v) is 30.1. The van der Waals surface area contributed by atoms with Gasteiger partial charge < -0.3 is 24.6 Å². The van der Waals surface area contributed by atoms with Crippen LogP contribution >= 0.6 is 31.7 Å². The zero-order chi connectivity index (χ0) is 46.9. The first kappa shape index (κ1) is 61.2. The number of hydrogen-bond acceptors (Lipinski definition) is 0. The van der Waals surface area contributed by atoms with Crippen LogP contribution in [0.2, 0.25) is 0 Å².